The highest BCUT2D eigenvalue weighted by molar-refractivity contribution is 9.10. The average Bonchev–Trinajstić information content (AvgIpc) is 3.11. The van der Waals surface area contributed by atoms with Crippen LogP contribution in [-0.2, 0) is 11.4 Å². The minimum Gasteiger partial charge on any atom is -0.493 e. The van der Waals surface area contributed by atoms with Crippen molar-refractivity contribution >= 4 is 62.1 Å². The van der Waals surface area contributed by atoms with Crippen molar-refractivity contribution in [3.05, 3.63) is 98.4 Å². The highest BCUT2D eigenvalue weighted by Gasteiger charge is 2.34. The number of thiocarbonyl (C=S) groups is 1. The maximum atomic E-state index is 13.0. The highest BCUT2D eigenvalue weighted by Crippen LogP contribution is 2.39. The summed E-state index contributed by atoms with van der Waals surface area (Å²) in [6.45, 7) is 2.21. The summed E-state index contributed by atoms with van der Waals surface area (Å²) in [6.07, 6.45) is 1.70. The van der Waals surface area contributed by atoms with Gasteiger partial charge in [0.25, 0.3) is 11.8 Å². The lowest BCUT2D eigenvalue weighted by Gasteiger charge is -2.16. The fourth-order valence-corrected chi connectivity index (χ4v) is 5.15. The molecule has 1 heterocycles. The van der Waals surface area contributed by atoms with E-state index in [2.05, 4.69) is 21.4 Å². The third-order valence-corrected chi connectivity index (χ3v) is 7.06. The largest absolute Gasteiger partial charge is 0.493 e. The number of hydrogen-bond donors (Lipinski definition) is 1. The van der Waals surface area contributed by atoms with Crippen LogP contribution in [0.2, 0.25) is 0 Å². The molecule has 1 aliphatic rings. The molecule has 1 N–H and O–H groups in total. The molecule has 178 valence electrons. The van der Waals surface area contributed by atoms with Crippen molar-refractivity contribution in [2.45, 2.75) is 13.5 Å². The summed E-state index contributed by atoms with van der Waals surface area (Å²) in [5.41, 5.74) is 5.64. The van der Waals surface area contributed by atoms with Gasteiger partial charge in [-0.2, -0.15) is 5.01 Å². The first-order chi connectivity index (χ1) is 16.9. The zero-order chi connectivity index (χ0) is 24.9. The Hall–Kier alpha value is -3.14. The van der Waals surface area contributed by atoms with Gasteiger partial charge < -0.3 is 9.47 Å². The molecule has 0 radical (unpaired) electrons. The molecule has 4 rings (SSSR count). The Morgan fingerprint density at radius 1 is 1.14 bits per heavy atom. The summed E-state index contributed by atoms with van der Waals surface area (Å²) in [6, 6.07) is 20.6. The van der Waals surface area contributed by atoms with E-state index < -0.39 is 11.8 Å². The van der Waals surface area contributed by atoms with Crippen molar-refractivity contribution < 1.29 is 19.1 Å². The Labute approximate surface area is 221 Å². The first kappa shape index (κ1) is 25.0. The fraction of sp³-hybridized carbons (Fsp3) is 0.115. The number of thioether (sulfide) groups is 1. The van der Waals surface area contributed by atoms with Crippen molar-refractivity contribution in [3.8, 4) is 11.5 Å². The average molecular weight is 570 g/mol. The number of halogens is 1. The number of carbonyl (C=O) groups excluding carboxylic acids is 2. The van der Waals surface area contributed by atoms with E-state index in [-0.39, 0.29) is 4.32 Å². The van der Waals surface area contributed by atoms with Crippen LogP contribution in [0.5, 0.6) is 11.5 Å². The number of nitrogens with one attached hydrogen (secondary N) is 1. The van der Waals surface area contributed by atoms with Crippen LogP contribution >= 0.6 is 39.9 Å². The molecular formula is C26H21BrN2O4S2. The SMILES string of the molecule is COc1cc(/C=C2\SC(=S)N(NC(=O)c3ccccc3C)C2=O)cc(Br)c1OCc1ccccc1. The second-order valence-electron chi connectivity index (χ2n) is 7.58. The quantitative estimate of drug-likeness (QED) is 0.283. The van der Waals surface area contributed by atoms with Gasteiger partial charge in [0.2, 0.25) is 0 Å². The lowest BCUT2D eigenvalue weighted by molar-refractivity contribution is -0.123. The third kappa shape index (κ3) is 5.75. The smallest absolute Gasteiger partial charge is 0.285 e. The highest BCUT2D eigenvalue weighted by atomic mass is 79.9. The Morgan fingerprint density at radius 2 is 1.86 bits per heavy atom. The summed E-state index contributed by atoms with van der Waals surface area (Å²) in [5.74, 6) is 0.280. The number of methoxy groups -OCH3 is 1. The summed E-state index contributed by atoms with van der Waals surface area (Å²) in [4.78, 5) is 26.1. The number of benzene rings is 3. The summed E-state index contributed by atoms with van der Waals surface area (Å²) >= 11 is 10.0. The predicted octanol–water partition coefficient (Wildman–Crippen LogP) is 5.89. The second kappa shape index (κ2) is 11.1. The van der Waals surface area contributed by atoms with Crippen LogP contribution < -0.4 is 14.9 Å². The molecule has 3 aromatic carbocycles. The Balaban J connectivity index is 1.52. The molecule has 9 heteroatoms. The maximum Gasteiger partial charge on any atom is 0.285 e. The van der Waals surface area contributed by atoms with E-state index in [4.69, 9.17) is 21.7 Å². The number of aryl methyl sites for hydroxylation is 1. The van der Waals surface area contributed by atoms with Gasteiger partial charge in [-0.25, -0.2) is 0 Å². The van der Waals surface area contributed by atoms with Gasteiger partial charge >= 0.3 is 0 Å². The third-order valence-electron chi connectivity index (χ3n) is 5.17. The van der Waals surface area contributed by atoms with Gasteiger partial charge in [-0.3, -0.25) is 15.0 Å². The molecule has 2 amide bonds. The molecule has 3 aromatic rings. The van der Waals surface area contributed by atoms with E-state index >= 15 is 0 Å². The van der Waals surface area contributed by atoms with E-state index in [0.717, 1.165) is 27.9 Å². The summed E-state index contributed by atoms with van der Waals surface area (Å²) < 4.78 is 12.4. The van der Waals surface area contributed by atoms with Crippen LogP contribution in [0.4, 0.5) is 0 Å². The molecule has 0 aromatic heterocycles. The Morgan fingerprint density at radius 3 is 2.57 bits per heavy atom. The van der Waals surface area contributed by atoms with Gasteiger partial charge in [-0.05, 0) is 76.0 Å². The van der Waals surface area contributed by atoms with Crippen LogP contribution in [0.1, 0.15) is 27.0 Å². The Bertz CT molecular complexity index is 1330. The van der Waals surface area contributed by atoms with Gasteiger partial charge in [0.15, 0.2) is 15.8 Å². The monoisotopic (exact) mass is 568 g/mol. The Kier molecular flexibility index (Phi) is 7.90. The molecule has 35 heavy (non-hydrogen) atoms. The molecule has 0 saturated carbocycles. The van der Waals surface area contributed by atoms with Crippen molar-refractivity contribution in [2.75, 3.05) is 7.11 Å². The van der Waals surface area contributed by atoms with Gasteiger partial charge in [0.1, 0.15) is 6.61 Å². The minimum atomic E-state index is -0.401. The van der Waals surface area contributed by atoms with E-state index in [1.807, 2.05) is 55.5 Å². The molecule has 1 aliphatic heterocycles. The van der Waals surface area contributed by atoms with Crippen molar-refractivity contribution in [1.29, 1.82) is 0 Å². The van der Waals surface area contributed by atoms with E-state index in [0.29, 0.717) is 38.6 Å². The van der Waals surface area contributed by atoms with E-state index in [1.54, 1.807) is 31.4 Å². The van der Waals surface area contributed by atoms with Gasteiger partial charge in [0, 0.05) is 5.56 Å². The zero-order valence-corrected chi connectivity index (χ0v) is 22.1. The van der Waals surface area contributed by atoms with Crippen LogP contribution in [-0.4, -0.2) is 28.3 Å². The van der Waals surface area contributed by atoms with Gasteiger partial charge in [-0.1, -0.05) is 60.3 Å². The van der Waals surface area contributed by atoms with E-state index in [1.165, 1.54) is 0 Å². The standard InChI is InChI=1S/C26H21BrN2O4S2/c1-16-8-6-7-11-19(16)24(30)28-29-25(31)22(35-26(29)34)14-18-12-20(27)23(21(13-18)32-2)33-15-17-9-4-3-5-10-17/h3-14H,15H2,1-2H3,(H,28,30)/b22-14-. The normalized spacial score (nSPS) is 14.4. The van der Waals surface area contributed by atoms with Crippen LogP contribution in [0.3, 0.4) is 0 Å². The number of rotatable bonds is 7. The summed E-state index contributed by atoms with van der Waals surface area (Å²) in [7, 11) is 1.56. The second-order valence-corrected chi connectivity index (χ2v) is 10.1. The molecule has 0 atom stereocenters. The molecule has 0 unspecified atom stereocenters. The van der Waals surface area contributed by atoms with Gasteiger partial charge in [0.05, 0.1) is 16.5 Å². The molecule has 0 aliphatic carbocycles. The number of nitrogens with zero attached hydrogens (tertiary/aromatic N) is 1. The number of hydrazine groups is 1. The molecule has 0 bridgehead atoms. The maximum absolute atomic E-state index is 13.0. The fourth-order valence-electron chi connectivity index (χ4n) is 3.40. The van der Waals surface area contributed by atoms with Crippen LogP contribution in [0.15, 0.2) is 76.1 Å². The topological polar surface area (TPSA) is 67.9 Å². The molecule has 0 spiro atoms. The van der Waals surface area contributed by atoms with Crippen molar-refractivity contribution in [3.63, 3.8) is 0 Å². The van der Waals surface area contributed by atoms with Crippen LogP contribution in [0, 0.1) is 6.92 Å². The zero-order valence-electron chi connectivity index (χ0n) is 18.9. The number of amides is 2. The van der Waals surface area contributed by atoms with E-state index in [9.17, 15) is 9.59 Å². The molecule has 6 nitrogen and oxygen atoms in total. The first-order valence-electron chi connectivity index (χ1n) is 10.6. The number of ether oxygens (including phenoxy) is 2. The van der Waals surface area contributed by atoms with Crippen LogP contribution in [0.25, 0.3) is 6.08 Å². The predicted molar refractivity (Wildman–Crippen MR) is 145 cm³/mol. The van der Waals surface area contributed by atoms with Crippen molar-refractivity contribution in [1.82, 2.24) is 10.4 Å². The minimum absolute atomic E-state index is 0.247. The lowest BCUT2D eigenvalue weighted by Crippen LogP contribution is -2.45. The summed E-state index contributed by atoms with van der Waals surface area (Å²) in [5, 5.41) is 1.10. The number of hydrogen-bond acceptors (Lipinski definition) is 6. The molecule has 1 saturated heterocycles. The van der Waals surface area contributed by atoms with Crippen molar-refractivity contribution in [2.24, 2.45) is 0 Å². The number of carbonyl (C=O) groups is 2. The van der Waals surface area contributed by atoms with Gasteiger partial charge in [-0.15, -0.1) is 0 Å². The first-order valence-corrected chi connectivity index (χ1v) is 12.6. The molecule has 1 fully saturated rings. The lowest BCUT2D eigenvalue weighted by atomic mass is 10.1. The molecular weight excluding hydrogens is 548 g/mol.